The molecular formula is C25H24N4O2. The fraction of sp³-hybridized carbons (Fsp3) is 0.160. The molecule has 4 rings (SSSR count). The molecule has 31 heavy (non-hydrogen) atoms. The highest BCUT2D eigenvalue weighted by atomic mass is 16.5. The minimum absolute atomic E-state index is 0.112. The van der Waals surface area contributed by atoms with E-state index < -0.39 is 0 Å². The van der Waals surface area contributed by atoms with Gasteiger partial charge >= 0.3 is 0 Å². The molecule has 6 nitrogen and oxygen atoms in total. The third kappa shape index (κ3) is 4.64. The lowest BCUT2D eigenvalue weighted by Crippen LogP contribution is -2.25. The largest absolute Gasteiger partial charge is 0.496 e. The molecule has 0 radical (unpaired) electrons. The van der Waals surface area contributed by atoms with Crippen LogP contribution < -0.4 is 15.4 Å². The van der Waals surface area contributed by atoms with Gasteiger partial charge in [-0.2, -0.15) is 0 Å². The first-order chi connectivity index (χ1) is 15.2. The standard InChI is InChI=1S/C25H24N4O2/c1-3-17-12-14-19(15-13-17)27-23-20-9-5-6-10-21(20)28-24(29-23)25(30)26-16-18-8-4-7-11-22(18)31-2/h4-15H,3,16H2,1-2H3,(H,26,30)(H,27,28,29). The van der Waals surface area contributed by atoms with Gasteiger partial charge in [0, 0.05) is 23.2 Å². The van der Waals surface area contributed by atoms with Crippen molar-refractivity contribution in [1.82, 2.24) is 15.3 Å². The van der Waals surface area contributed by atoms with Gasteiger partial charge in [-0.1, -0.05) is 49.4 Å². The van der Waals surface area contributed by atoms with E-state index in [1.54, 1.807) is 7.11 Å². The van der Waals surface area contributed by atoms with E-state index in [1.807, 2.05) is 60.7 Å². The Morgan fingerprint density at radius 2 is 1.68 bits per heavy atom. The molecule has 0 aliphatic rings. The molecule has 0 aliphatic carbocycles. The zero-order chi connectivity index (χ0) is 21.6. The summed E-state index contributed by atoms with van der Waals surface area (Å²) in [6.07, 6.45) is 0.979. The minimum Gasteiger partial charge on any atom is -0.496 e. The molecule has 1 amide bonds. The minimum atomic E-state index is -0.346. The van der Waals surface area contributed by atoms with Crippen molar-refractivity contribution in [2.24, 2.45) is 0 Å². The lowest BCUT2D eigenvalue weighted by atomic mass is 10.1. The Kier molecular flexibility index (Phi) is 6.08. The average Bonchev–Trinajstić information content (AvgIpc) is 2.83. The number of methoxy groups -OCH3 is 1. The second-order valence-electron chi connectivity index (χ2n) is 7.08. The second-order valence-corrected chi connectivity index (χ2v) is 7.08. The summed E-state index contributed by atoms with van der Waals surface area (Å²) in [7, 11) is 1.61. The zero-order valence-electron chi connectivity index (χ0n) is 17.6. The Labute approximate surface area is 181 Å². The highest BCUT2D eigenvalue weighted by molar-refractivity contribution is 5.97. The van der Waals surface area contributed by atoms with Gasteiger partial charge < -0.3 is 15.4 Å². The lowest BCUT2D eigenvalue weighted by molar-refractivity contribution is 0.0940. The maximum absolute atomic E-state index is 12.8. The van der Waals surface area contributed by atoms with Gasteiger partial charge in [-0.3, -0.25) is 4.79 Å². The van der Waals surface area contributed by atoms with Gasteiger partial charge in [-0.05, 0) is 42.3 Å². The molecule has 156 valence electrons. The number of aromatic nitrogens is 2. The van der Waals surface area contributed by atoms with Crippen LogP contribution in [0.1, 0.15) is 28.7 Å². The SMILES string of the molecule is CCc1ccc(Nc2nc(C(=O)NCc3ccccc3OC)nc3ccccc23)cc1. The number of amides is 1. The van der Waals surface area contributed by atoms with Crippen molar-refractivity contribution >= 4 is 28.3 Å². The van der Waals surface area contributed by atoms with E-state index in [-0.39, 0.29) is 11.7 Å². The molecule has 3 aromatic carbocycles. The van der Waals surface area contributed by atoms with E-state index in [0.29, 0.717) is 17.9 Å². The van der Waals surface area contributed by atoms with Crippen LogP contribution >= 0.6 is 0 Å². The number of carbonyl (C=O) groups excluding carboxylic acids is 1. The maximum Gasteiger partial charge on any atom is 0.289 e. The van der Waals surface area contributed by atoms with E-state index in [4.69, 9.17) is 4.74 Å². The van der Waals surface area contributed by atoms with Gasteiger partial charge in [0.25, 0.3) is 5.91 Å². The number of aryl methyl sites for hydroxylation is 1. The fourth-order valence-corrected chi connectivity index (χ4v) is 3.34. The van der Waals surface area contributed by atoms with Crippen LogP contribution in [0.3, 0.4) is 0 Å². The molecule has 0 bridgehead atoms. The molecule has 1 heterocycles. The zero-order valence-corrected chi connectivity index (χ0v) is 17.6. The second kappa shape index (κ2) is 9.26. The third-order valence-corrected chi connectivity index (χ3v) is 5.06. The van der Waals surface area contributed by atoms with Crippen LogP contribution in [0, 0.1) is 0 Å². The van der Waals surface area contributed by atoms with Crippen molar-refractivity contribution in [2.45, 2.75) is 19.9 Å². The van der Waals surface area contributed by atoms with Crippen LogP contribution in [0.25, 0.3) is 10.9 Å². The van der Waals surface area contributed by atoms with E-state index >= 15 is 0 Å². The summed E-state index contributed by atoms with van der Waals surface area (Å²) < 4.78 is 5.35. The van der Waals surface area contributed by atoms with E-state index in [0.717, 1.165) is 28.8 Å². The summed E-state index contributed by atoms with van der Waals surface area (Å²) in [5.74, 6) is 1.08. The molecule has 0 unspecified atom stereocenters. The smallest absolute Gasteiger partial charge is 0.289 e. The van der Waals surface area contributed by atoms with Crippen molar-refractivity contribution in [3.05, 3.63) is 89.7 Å². The summed E-state index contributed by atoms with van der Waals surface area (Å²) in [6, 6.07) is 23.4. The molecule has 0 fully saturated rings. The number of anilines is 2. The van der Waals surface area contributed by atoms with Crippen molar-refractivity contribution in [2.75, 3.05) is 12.4 Å². The lowest BCUT2D eigenvalue weighted by Gasteiger charge is -2.12. The summed E-state index contributed by atoms with van der Waals surface area (Å²) in [5.41, 5.74) is 3.75. The first-order valence-electron chi connectivity index (χ1n) is 10.2. The van der Waals surface area contributed by atoms with Crippen molar-refractivity contribution in [1.29, 1.82) is 0 Å². The summed E-state index contributed by atoms with van der Waals surface area (Å²) in [6.45, 7) is 2.44. The summed E-state index contributed by atoms with van der Waals surface area (Å²) >= 11 is 0. The highest BCUT2D eigenvalue weighted by Crippen LogP contribution is 2.24. The maximum atomic E-state index is 12.8. The number of fused-ring (bicyclic) bond motifs is 1. The van der Waals surface area contributed by atoms with Gasteiger partial charge in [-0.15, -0.1) is 0 Å². The number of para-hydroxylation sites is 2. The molecule has 2 N–H and O–H groups in total. The van der Waals surface area contributed by atoms with Gasteiger partial charge in [0.1, 0.15) is 11.6 Å². The van der Waals surface area contributed by atoms with Gasteiger partial charge in [-0.25, -0.2) is 9.97 Å². The first-order valence-corrected chi connectivity index (χ1v) is 10.2. The number of rotatable bonds is 7. The monoisotopic (exact) mass is 412 g/mol. The van der Waals surface area contributed by atoms with Gasteiger partial charge in [0.2, 0.25) is 5.82 Å². The van der Waals surface area contributed by atoms with Crippen LogP contribution in [0.5, 0.6) is 5.75 Å². The third-order valence-electron chi connectivity index (χ3n) is 5.06. The number of nitrogens with one attached hydrogen (secondary N) is 2. The number of ether oxygens (including phenoxy) is 1. The summed E-state index contributed by atoms with van der Waals surface area (Å²) in [4.78, 5) is 21.8. The summed E-state index contributed by atoms with van der Waals surface area (Å²) in [5, 5.41) is 7.07. The quantitative estimate of drug-likeness (QED) is 0.453. The molecular weight excluding hydrogens is 388 g/mol. The highest BCUT2D eigenvalue weighted by Gasteiger charge is 2.15. The Bertz CT molecular complexity index is 1210. The van der Waals surface area contributed by atoms with Crippen LogP contribution in [0.4, 0.5) is 11.5 Å². The van der Waals surface area contributed by atoms with Crippen LogP contribution in [-0.2, 0) is 13.0 Å². The van der Waals surface area contributed by atoms with Gasteiger partial charge in [0.05, 0.1) is 12.6 Å². The number of hydrogen-bond acceptors (Lipinski definition) is 5. The van der Waals surface area contributed by atoms with Crippen molar-refractivity contribution < 1.29 is 9.53 Å². The molecule has 1 aromatic heterocycles. The van der Waals surface area contributed by atoms with E-state index in [1.165, 1.54) is 5.56 Å². The Morgan fingerprint density at radius 1 is 0.935 bits per heavy atom. The number of hydrogen-bond donors (Lipinski definition) is 2. The van der Waals surface area contributed by atoms with Crippen LogP contribution in [0.2, 0.25) is 0 Å². The molecule has 0 saturated heterocycles. The molecule has 4 aromatic rings. The van der Waals surface area contributed by atoms with Crippen molar-refractivity contribution in [3.8, 4) is 5.75 Å². The number of carbonyl (C=O) groups is 1. The number of benzene rings is 3. The van der Waals surface area contributed by atoms with Crippen molar-refractivity contribution in [3.63, 3.8) is 0 Å². The first kappa shape index (κ1) is 20.3. The predicted octanol–water partition coefficient (Wildman–Crippen LogP) is 4.87. The average molecular weight is 412 g/mol. The topological polar surface area (TPSA) is 76.1 Å². The molecule has 0 saturated carbocycles. The Morgan fingerprint density at radius 3 is 2.45 bits per heavy atom. The molecule has 0 spiro atoms. The molecule has 6 heteroatoms. The van der Waals surface area contributed by atoms with Gasteiger partial charge in [0.15, 0.2) is 0 Å². The molecule has 0 atom stereocenters. The normalized spacial score (nSPS) is 10.6. The number of nitrogens with zero attached hydrogens (tertiary/aromatic N) is 2. The van der Waals surface area contributed by atoms with Crippen LogP contribution in [0.15, 0.2) is 72.8 Å². The van der Waals surface area contributed by atoms with E-state index in [9.17, 15) is 4.79 Å². The molecule has 0 aliphatic heterocycles. The predicted molar refractivity (Wildman–Crippen MR) is 123 cm³/mol. The van der Waals surface area contributed by atoms with E-state index in [2.05, 4.69) is 39.7 Å². The fourth-order valence-electron chi connectivity index (χ4n) is 3.34. The Hall–Kier alpha value is -3.93. The van der Waals surface area contributed by atoms with Crippen LogP contribution in [-0.4, -0.2) is 23.0 Å². The Balaban J connectivity index is 1.61.